The molecule has 0 N–H and O–H groups in total. The van der Waals surface area contributed by atoms with Crippen LogP contribution in [0.2, 0.25) is 0 Å². The summed E-state index contributed by atoms with van der Waals surface area (Å²) in [4.78, 5) is 0. The molecule has 27 valence electrons. The summed E-state index contributed by atoms with van der Waals surface area (Å²) < 4.78 is 0. The molecular weight excluding hydrogens is 437 g/mol. The molecule has 0 heterocycles. The van der Waals surface area contributed by atoms with Crippen LogP contribution < -0.4 is 0 Å². The van der Waals surface area contributed by atoms with E-state index in [1.54, 1.807) is 0 Å². The standard InChI is InChI=1S/Cd.Co.Ni.Pb.2H. The van der Waals surface area contributed by atoms with E-state index in [0.29, 0.717) is 0 Å². The van der Waals surface area contributed by atoms with Crippen LogP contribution in [-0.2, 0) is 60.6 Å². The Hall–Kier alpha value is 2.84. The van der Waals surface area contributed by atoms with E-state index in [1.165, 1.54) is 0 Å². The molecule has 0 aliphatic heterocycles. The molecule has 0 fully saturated rings. The van der Waals surface area contributed by atoms with Gasteiger partial charge in [-0.25, -0.2) is 0 Å². The summed E-state index contributed by atoms with van der Waals surface area (Å²) in [6.45, 7) is 0. The van der Waals surface area contributed by atoms with Crippen molar-refractivity contribution >= 4 is 27.3 Å². The van der Waals surface area contributed by atoms with Crippen molar-refractivity contribution in [2.24, 2.45) is 0 Å². The molecular formula is H2CdCoNiPb. The Balaban J connectivity index is 0. The van der Waals surface area contributed by atoms with Gasteiger partial charge in [0.15, 0.2) is 0 Å². The summed E-state index contributed by atoms with van der Waals surface area (Å²) in [5.74, 6) is 0. The van der Waals surface area contributed by atoms with Gasteiger partial charge in [-0.2, -0.15) is 0 Å². The minimum atomic E-state index is 0. The van der Waals surface area contributed by atoms with Crippen molar-refractivity contribution in [3.05, 3.63) is 0 Å². The van der Waals surface area contributed by atoms with Crippen LogP contribution >= 0.6 is 0 Å². The van der Waals surface area contributed by atoms with Gasteiger partial charge < -0.3 is 0 Å². The molecule has 0 amide bonds. The zero-order valence-electron chi connectivity index (χ0n) is 2.06. The third kappa shape index (κ3) is 8.85. The first-order chi connectivity index (χ1) is 0. The Kier molecular flexibility index (Phi) is 122. The topological polar surface area (TPSA) is 0 Å². The van der Waals surface area contributed by atoms with Crippen LogP contribution in [0.5, 0.6) is 0 Å². The van der Waals surface area contributed by atoms with Gasteiger partial charge in [0, 0.05) is 60.6 Å². The first-order valence-corrected chi connectivity index (χ1v) is 0. The Morgan fingerprint density at radius 2 is 1.00 bits per heavy atom. The monoisotopic (exact) mass is 441 g/mol. The van der Waals surface area contributed by atoms with Gasteiger partial charge >= 0.3 is 27.3 Å². The molecule has 0 unspecified atom stereocenters. The van der Waals surface area contributed by atoms with Gasteiger partial charge in [-0.05, 0) is 0 Å². The first-order valence-electron chi connectivity index (χ1n) is 0. The normalized spacial score (nSPS) is 0. The molecule has 0 rings (SSSR count). The van der Waals surface area contributed by atoms with Gasteiger partial charge in [-0.3, -0.25) is 0 Å². The molecule has 0 aliphatic rings. The number of hydrogen-bond donors (Lipinski definition) is 0. The van der Waals surface area contributed by atoms with E-state index in [4.69, 9.17) is 0 Å². The SMILES string of the molecule is [Cd].[Co].[Ni].[PbH2]. The number of hydrogen-bond acceptors (Lipinski definition) is 0. The summed E-state index contributed by atoms with van der Waals surface area (Å²) in [5.41, 5.74) is 0. The van der Waals surface area contributed by atoms with E-state index >= 15 is 0 Å². The van der Waals surface area contributed by atoms with Gasteiger partial charge in [-0.15, -0.1) is 0 Å². The molecule has 4 heteroatoms. The average molecular weight is 439 g/mol. The van der Waals surface area contributed by atoms with Crippen LogP contribution in [0.1, 0.15) is 0 Å². The third-order valence-electron chi connectivity index (χ3n) is 0. The summed E-state index contributed by atoms with van der Waals surface area (Å²) in [6.07, 6.45) is 0. The molecule has 0 aliphatic carbocycles. The zero-order chi connectivity index (χ0) is 0. The van der Waals surface area contributed by atoms with Crippen molar-refractivity contribution in [2.75, 3.05) is 0 Å². The molecule has 0 saturated carbocycles. The van der Waals surface area contributed by atoms with Crippen LogP contribution in [-0.4, -0.2) is 27.3 Å². The molecule has 0 aromatic heterocycles. The fourth-order valence-electron chi connectivity index (χ4n) is 0. The molecule has 3 radical (unpaired) electrons. The predicted molar refractivity (Wildman–Crippen MR) is 8.54 cm³/mol. The summed E-state index contributed by atoms with van der Waals surface area (Å²) >= 11 is 0. The molecule has 0 aromatic carbocycles. The van der Waals surface area contributed by atoms with Gasteiger partial charge in [0.05, 0.1) is 0 Å². The van der Waals surface area contributed by atoms with Crippen molar-refractivity contribution in [2.45, 2.75) is 0 Å². The van der Waals surface area contributed by atoms with Crippen LogP contribution in [0.4, 0.5) is 0 Å². The Labute approximate surface area is 86.3 Å². The summed E-state index contributed by atoms with van der Waals surface area (Å²) in [7, 11) is 0. The molecule has 0 aromatic rings. The van der Waals surface area contributed by atoms with Crippen molar-refractivity contribution in [3.63, 3.8) is 0 Å². The van der Waals surface area contributed by atoms with Gasteiger partial charge in [0.25, 0.3) is 0 Å². The quantitative estimate of drug-likeness (QED) is 0.429. The van der Waals surface area contributed by atoms with E-state index in [9.17, 15) is 0 Å². The van der Waals surface area contributed by atoms with Crippen LogP contribution in [0.25, 0.3) is 0 Å². The van der Waals surface area contributed by atoms with Crippen molar-refractivity contribution in [1.29, 1.82) is 0 Å². The molecule has 4 heavy (non-hydrogen) atoms. The maximum absolute atomic E-state index is 0. The van der Waals surface area contributed by atoms with E-state index in [-0.39, 0.29) is 87.9 Å². The van der Waals surface area contributed by atoms with E-state index in [1.807, 2.05) is 0 Å². The van der Waals surface area contributed by atoms with Crippen LogP contribution in [0.15, 0.2) is 0 Å². The van der Waals surface area contributed by atoms with Crippen molar-refractivity contribution < 1.29 is 60.6 Å². The van der Waals surface area contributed by atoms with Gasteiger partial charge in [0.2, 0.25) is 0 Å². The molecule has 0 nitrogen and oxygen atoms in total. The van der Waals surface area contributed by atoms with Gasteiger partial charge in [0.1, 0.15) is 0 Å². The summed E-state index contributed by atoms with van der Waals surface area (Å²) in [6, 6.07) is 0. The predicted octanol–water partition coefficient (Wildman–Crippen LogP) is -0.924. The second kappa shape index (κ2) is 17.0. The Morgan fingerprint density at radius 1 is 1.00 bits per heavy atom. The summed E-state index contributed by atoms with van der Waals surface area (Å²) in [5, 5.41) is 0. The average Bonchev–Trinajstić information content (AvgIpc) is 0. The molecule has 0 spiro atoms. The van der Waals surface area contributed by atoms with E-state index < -0.39 is 0 Å². The second-order valence-electron chi connectivity index (χ2n) is 0. The Bertz CT molecular complexity index is 8.00. The Morgan fingerprint density at radius 3 is 1.00 bits per heavy atom. The van der Waals surface area contributed by atoms with Crippen LogP contribution in [0.3, 0.4) is 0 Å². The molecule has 0 atom stereocenters. The molecule has 0 saturated heterocycles. The second-order valence-corrected chi connectivity index (χ2v) is 0. The van der Waals surface area contributed by atoms with E-state index in [2.05, 4.69) is 0 Å². The number of rotatable bonds is 0. The van der Waals surface area contributed by atoms with Crippen molar-refractivity contribution in [3.8, 4) is 0 Å². The molecule has 0 bridgehead atoms. The minimum absolute atomic E-state index is 0. The zero-order valence-corrected chi connectivity index (χ0v) is 13.6. The maximum atomic E-state index is 0. The van der Waals surface area contributed by atoms with Crippen LogP contribution in [0, 0.1) is 0 Å². The fourth-order valence-corrected chi connectivity index (χ4v) is 0. The third-order valence-corrected chi connectivity index (χ3v) is 0. The van der Waals surface area contributed by atoms with E-state index in [0.717, 1.165) is 0 Å². The first kappa shape index (κ1) is 28.9. The van der Waals surface area contributed by atoms with Gasteiger partial charge in [-0.1, -0.05) is 0 Å². The van der Waals surface area contributed by atoms with Crippen molar-refractivity contribution in [1.82, 2.24) is 0 Å². The fraction of sp³-hybridized carbons (Fsp3) is 0.